The van der Waals surface area contributed by atoms with Crippen LogP contribution in [-0.2, 0) is 24.2 Å². The normalized spacial score (nSPS) is 12.5. The van der Waals surface area contributed by atoms with E-state index in [0.717, 1.165) is 6.26 Å². The Morgan fingerprint density at radius 3 is 2.32 bits per heavy atom. The Labute approximate surface area is 110 Å². The molecule has 0 fully saturated rings. The third-order valence-electron chi connectivity index (χ3n) is 1.64. The monoisotopic (exact) mass is 296 g/mol. The van der Waals surface area contributed by atoms with Gasteiger partial charge in [-0.2, -0.15) is 0 Å². The van der Waals surface area contributed by atoms with E-state index in [0.29, 0.717) is 0 Å². The van der Waals surface area contributed by atoms with Crippen molar-refractivity contribution in [1.29, 1.82) is 0 Å². The number of ether oxygens (including phenoxy) is 1. The highest BCUT2D eigenvalue weighted by Gasteiger charge is 2.14. The van der Waals surface area contributed by atoms with E-state index in [9.17, 15) is 22.8 Å². The average Bonchev–Trinajstić information content (AvgIpc) is 2.12. The van der Waals surface area contributed by atoms with E-state index in [1.807, 2.05) is 5.32 Å². The average molecular weight is 296 g/mol. The minimum Gasteiger partial charge on any atom is -0.480 e. The number of aliphatic carboxylic acids is 1. The number of carboxylic acids is 1. The molecule has 0 aliphatic rings. The van der Waals surface area contributed by atoms with Gasteiger partial charge < -0.3 is 15.2 Å². The summed E-state index contributed by atoms with van der Waals surface area (Å²) in [4.78, 5) is 32.4. The molecule has 1 unspecified atom stereocenters. The van der Waals surface area contributed by atoms with Crippen LogP contribution in [0.3, 0.4) is 0 Å². The number of nitrogens with one attached hydrogen (secondary N) is 2. The molecule has 0 saturated heterocycles. The molecule has 0 rings (SSSR count). The summed E-state index contributed by atoms with van der Waals surface area (Å²) in [6.07, 6.45) is 1.02. The highest BCUT2D eigenvalue weighted by atomic mass is 32.2. The smallest absolute Gasteiger partial charge is 0.329 e. The Balaban J connectivity index is 3.97. The molecule has 0 aromatic rings. The lowest BCUT2D eigenvalue weighted by molar-refractivity contribution is -0.143. The lowest BCUT2D eigenvalue weighted by Crippen LogP contribution is -2.46. The number of carbonyl (C=O) groups is 3. The molecule has 19 heavy (non-hydrogen) atoms. The van der Waals surface area contributed by atoms with Crippen LogP contribution in [0.4, 0.5) is 4.79 Å². The standard InChI is InChI=1S/C9H16N2O7S/c1-6(5-19(2,16)17)10-9(15)11-7(12)3-18-4-8(13)14/h6H,3-5H2,1-2H3,(H,13,14)(H2,10,11,12,15). The summed E-state index contributed by atoms with van der Waals surface area (Å²) in [6.45, 7) is 0.228. The van der Waals surface area contributed by atoms with Crippen LogP contribution in [0.15, 0.2) is 0 Å². The SMILES string of the molecule is CC(CS(C)(=O)=O)NC(=O)NC(=O)COCC(=O)O. The number of carbonyl (C=O) groups excluding carboxylic acids is 2. The molecule has 0 aromatic carbocycles. The highest BCUT2D eigenvalue weighted by molar-refractivity contribution is 7.90. The Bertz CT molecular complexity index is 445. The summed E-state index contributed by atoms with van der Waals surface area (Å²) in [5.41, 5.74) is 0. The second kappa shape index (κ2) is 7.69. The van der Waals surface area contributed by atoms with Gasteiger partial charge in [0.1, 0.15) is 23.1 Å². The van der Waals surface area contributed by atoms with Crippen molar-refractivity contribution in [2.45, 2.75) is 13.0 Å². The summed E-state index contributed by atoms with van der Waals surface area (Å²) in [7, 11) is -3.24. The van der Waals surface area contributed by atoms with Gasteiger partial charge in [0, 0.05) is 12.3 Å². The second-order valence-corrected chi connectivity index (χ2v) is 6.09. The summed E-state index contributed by atoms with van der Waals surface area (Å²) >= 11 is 0. The molecular formula is C9H16N2O7S. The number of hydrogen-bond donors (Lipinski definition) is 3. The molecule has 10 heteroatoms. The highest BCUT2D eigenvalue weighted by Crippen LogP contribution is 1.89. The van der Waals surface area contributed by atoms with Crippen LogP contribution < -0.4 is 10.6 Å². The molecule has 3 N–H and O–H groups in total. The molecule has 1 atom stereocenters. The Kier molecular flexibility index (Phi) is 7.01. The number of sulfone groups is 1. The van der Waals surface area contributed by atoms with Crippen LogP contribution in [0.25, 0.3) is 0 Å². The zero-order chi connectivity index (χ0) is 15.1. The van der Waals surface area contributed by atoms with Gasteiger partial charge in [-0.3, -0.25) is 10.1 Å². The molecule has 0 aliphatic carbocycles. The van der Waals surface area contributed by atoms with Gasteiger partial charge in [0.2, 0.25) is 0 Å². The third-order valence-corrected chi connectivity index (χ3v) is 2.75. The minimum atomic E-state index is -3.24. The maximum atomic E-state index is 11.2. The molecule has 110 valence electrons. The minimum absolute atomic E-state index is 0.260. The first kappa shape index (κ1) is 17.3. The van der Waals surface area contributed by atoms with Gasteiger partial charge in [0.15, 0.2) is 0 Å². The van der Waals surface area contributed by atoms with Crippen LogP contribution in [-0.4, -0.2) is 62.7 Å². The van der Waals surface area contributed by atoms with Crippen molar-refractivity contribution in [2.75, 3.05) is 25.2 Å². The molecule has 0 aromatic heterocycles. The first-order valence-corrected chi connectivity index (χ1v) is 7.24. The summed E-state index contributed by atoms with van der Waals surface area (Å²) in [6, 6.07) is -1.54. The van der Waals surface area contributed by atoms with E-state index in [-0.39, 0.29) is 5.75 Å². The van der Waals surface area contributed by atoms with Gasteiger partial charge in [0.25, 0.3) is 5.91 Å². The van der Waals surface area contributed by atoms with Crippen molar-refractivity contribution in [1.82, 2.24) is 10.6 Å². The van der Waals surface area contributed by atoms with Crippen LogP contribution in [0, 0.1) is 0 Å². The molecule has 0 saturated carbocycles. The number of imide groups is 1. The van der Waals surface area contributed by atoms with Gasteiger partial charge in [-0.05, 0) is 6.92 Å². The number of rotatable bonds is 7. The molecule has 3 amide bonds. The lowest BCUT2D eigenvalue weighted by Gasteiger charge is -2.12. The van der Waals surface area contributed by atoms with Crippen molar-refractivity contribution < 1.29 is 32.6 Å². The molecule has 0 heterocycles. The summed E-state index contributed by atoms with van der Waals surface area (Å²) in [5, 5.41) is 12.4. The van der Waals surface area contributed by atoms with Gasteiger partial charge in [-0.15, -0.1) is 0 Å². The topological polar surface area (TPSA) is 139 Å². The van der Waals surface area contributed by atoms with Crippen LogP contribution >= 0.6 is 0 Å². The molecule has 0 radical (unpaired) electrons. The van der Waals surface area contributed by atoms with Crippen LogP contribution in [0.5, 0.6) is 0 Å². The van der Waals surface area contributed by atoms with Crippen molar-refractivity contribution in [2.24, 2.45) is 0 Å². The maximum absolute atomic E-state index is 11.2. The predicted octanol–water partition coefficient (Wildman–Crippen LogP) is -1.65. The van der Waals surface area contributed by atoms with Gasteiger partial charge >= 0.3 is 12.0 Å². The first-order chi connectivity index (χ1) is 8.60. The Morgan fingerprint density at radius 1 is 1.26 bits per heavy atom. The Morgan fingerprint density at radius 2 is 1.84 bits per heavy atom. The predicted molar refractivity (Wildman–Crippen MR) is 64.3 cm³/mol. The van der Waals surface area contributed by atoms with Crippen molar-refractivity contribution in [3.8, 4) is 0 Å². The van der Waals surface area contributed by atoms with Gasteiger partial charge in [0.05, 0.1) is 5.75 Å². The van der Waals surface area contributed by atoms with Gasteiger partial charge in [-0.1, -0.05) is 0 Å². The number of hydrogen-bond acceptors (Lipinski definition) is 6. The zero-order valence-corrected chi connectivity index (χ0v) is 11.3. The molecular weight excluding hydrogens is 280 g/mol. The van der Waals surface area contributed by atoms with Crippen molar-refractivity contribution >= 4 is 27.7 Å². The zero-order valence-electron chi connectivity index (χ0n) is 10.5. The molecule has 9 nitrogen and oxygen atoms in total. The van der Waals surface area contributed by atoms with Crippen LogP contribution in [0.1, 0.15) is 6.92 Å². The maximum Gasteiger partial charge on any atom is 0.329 e. The van der Waals surface area contributed by atoms with E-state index in [1.165, 1.54) is 6.92 Å². The molecule has 0 bridgehead atoms. The second-order valence-electron chi connectivity index (χ2n) is 3.90. The van der Waals surface area contributed by atoms with E-state index < -0.39 is 47.0 Å². The van der Waals surface area contributed by atoms with E-state index in [1.54, 1.807) is 0 Å². The summed E-state index contributed by atoms with van der Waals surface area (Å²) < 4.78 is 26.3. The fourth-order valence-corrected chi connectivity index (χ4v) is 2.14. The van der Waals surface area contributed by atoms with Crippen molar-refractivity contribution in [3.05, 3.63) is 0 Å². The first-order valence-electron chi connectivity index (χ1n) is 5.17. The number of urea groups is 1. The fraction of sp³-hybridized carbons (Fsp3) is 0.667. The third kappa shape index (κ3) is 11.2. The largest absolute Gasteiger partial charge is 0.480 e. The fourth-order valence-electron chi connectivity index (χ4n) is 1.15. The number of amides is 3. The summed E-state index contributed by atoms with van der Waals surface area (Å²) in [5.74, 6) is -2.33. The van der Waals surface area contributed by atoms with Crippen molar-refractivity contribution in [3.63, 3.8) is 0 Å². The van der Waals surface area contributed by atoms with Crippen LogP contribution in [0.2, 0.25) is 0 Å². The van der Waals surface area contributed by atoms with E-state index in [4.69, 9.17) is 5.11 Å². The quantitative estimate of drug-likeness (QED) is 0.511. The molecule has 0 aliphatic heterocycles. The van der Waals surface area contributed by atoms with E-state index >= 15 is 0 Å². The lowest BCUT2D eigenvalue weighted by atomic mass is 10.4. The van der Waals surface area contributed by atoms with Gasteiger partial charge in [-0.25, -0.2) is 18.0 Å². The van der Waals surface area contributed by atoms with E-state index in [2.05, 4.69) is 10.1 Å². The Hall–Kier alpha value is -1.68. The molecule has 0 spiro atoms. The number of carboxylic acid groups (broad SMARTS) is 1.